The number of carbonyl (C=O) groups is 1. The summed E-state index contributed by atoms with van der Waals surface area (Å²) < 4.78 is 0. The number of rotatable bonds is 0. The molecular formula is C9H4N4O. The number of ketones is 1. The first-order valence-corrected chi connectivity index (χ1v) is 4.06. The second kappa shape index (κ2) is 2.41. The van der Waals surface area contributed by atoms with Crippen LogP contribution in [0.15, 0.2) is 22.8 Å². The van der Waals surface area contributed by atoms with E-state index in [-0.39, 0.29) is 5.78 Å². The number of aliphatic imine (C=N–C) groups is 1. The maximum Gasteiger partial charge on any atom is 0.190 e. The van der Waals surface area contributed by atoms with Gasteiger partial charge >= 0.3 is 0 Å². The van der Waals surface area contributed by atoms with E-state index in [1.54, 1.807) is 18.5 Å². The van der Waals surface area contributed by atoms with E-state index in [1.165, 1.54) is 6.08 Å². The van der Waals surface area contributed by atoms with Crippen molar-refractivity contribution >= 4 is 23.8 Å². The highest BCUT2D eigenvalue weighted by atomic mass is 16.1. The van der Waals surface area contributed by atoms with Crippen molar-refractivity contribution in [3.05, 3.63) is 28.4 Å². The molecule has 3 rings (SSSR count). The third kappa shape index (κ3) is 0.806. The Morgan fingerprint density at radius 1 is 1.29 bits per heavy atom. The molecule has 0 atom stereocenters. The summed E-state index contributed by atoms with van der Waals surface area (Å²) in [6.45, 7) is 0. The standard InChI is InChI=1S/C9H4N4O/c14-8-3-7-6(4-11-13-12-7)9-5(8)1-2-10-9/h1-4H. The minimum atomic E-state index is -0.0782. The van der Waals surface area contributed by atoms with Crippen molar-refractivity contribution in [2.75, 3.05) is 0 Å². The second-order valence-corrected chi connectivity index (χ2v) is 2.95. The summed E-state index contributed by atoms with van der Waals surface area (Å²) in [6.07, 6.45) is 6.31. The average molecular weight is 184 g/mol. The van der Waals surface area contributed by atoms with E-state index in [1.807, 2.05) is 0 Å². The highest BCUT2D eigenvalue weighted by molar-refractivity contribution is 6.27. The summed E-state index contributed by atoms with van der Waals surface area (Å²) in [5.41, 5.74) is 1.25. The Kier molecular flexibility index (Phi) is 1.25. The maximum atomic E-state index is 11.5. The first kappa shape index (κ1) is 7.25. The van der Waals surface area contributed by atoms with Crippen molar-refractivity contribution in [1.82, 2.24) is 15.4 Å². The van der Waals surface area contributed by atoms with Crippen molar-refractivity contribution in [2.45, 2.75) is 0 Å². The van der Waals surface area contributed by atoms with Gasteiger partial charge in [-0.1, -0.05) is 0 Å². The fourth-order valence-electron chi connectivity index (χ4n) is 1.52. The number of hydrogen-bond donors (Lipinski definition) is 0. The van der Waals surface area contributed by atoms with E-state index in [9.17, 15) is 4.79 Å². The van der Waals surface area contributed by atoms with Crippen LogP contribution in [-0.4, -0.2) is 27.4 Å². The number of aromatic nitrogens is 3. The number of carbonyl (C=O) groups excluding carboxylic acids is 1. The highest BCUT2D eigenvalue weighted by Crippen LogP contribution is 2.18. The Labute approximate surface area is 78.2 Å². The first-order valence-electron chi connectivity index (χ1n) is 4.06. The molecule has 0 spiro atoms. The highest BCUT2D eigenvalue weighted by Gasteiger charge is 2.20. The van der Waals surface area contributed by atoms with Crippen molar-refractivity contribution in [1.29, 1.82) is 0 Å². The fourth-order valence-corrected chi connectivity index (χ4v) is 1.52. The number of hydrogen-bond acceptors (Lipinski definition) is 5. The van der Waals surface area contributed by atoms with E-state index in [0.717, 1.165) is 5.22 Å². The Morgan fingerprint density at radius 3 is 3.14 bits per heavy atom. The molecule has 0 amide bonds. The van der Waals surface area contributed by atoms with Gasteiger partial charge < -0.3 is 0 Å². The molecule has 0 N–H and O–H groups in total. The minimum Gasteiger partial charge on any atom is -0.289 e. The minimum absolute atomic E-state index is 0.0782. The molecule has 0 radical (unpaired) electrons. The van der Waals surface area contributed by atoms with E-state index in [4.69, 9.17) is 0 Å². The van der Waals surface area contributed by atoms with Crippen LogP contribution in [0.2, 0.25) is 0 Å². The lowest BCUT2D eigenvalue weighted by Gasteiger charge is -2.03. The molecule has 2 aliphatic rings. The van der Waals surface area contributed by atoms with Gasteiger partial charge in [0.1, 0.15) is 5.35 Å². The predicted octanol–water partition coefficient (Wildman–Crippen LogP) is -1.65. The summed E-state index contributed by atoms with van der Waals surface area (Å²) in [7, 11) is 0. The van der Waals surface area contributed by atoms with Gasteiger partial charge in [0.05, 0.1) is 11.9 Å². The lowest BCUT2D eigenvalue weighted by atomic mass is 10.0. The molecule has 66 valence electrons. The average Bonchev–Trinajstić information content (AvgIpc) is 2.67. The fraction of sp³-hybridized carbons (Fsp3) is 0. The second-order valence-electron chi connectivity index (χ2n) is 2.95. The van der Waals surface area contributed by atoms with Gasteiger partial charge in [-0.05, 0) is 11.3 Å². The Balaban J connectivity index is 2.57. The predicted molar refractivity (Wildman–Crippen MR) is 48.5 cm³/mol. The third-order valence-corrected chi connectivity index (χ3v) is 2.16. The molecule has 0 saturated carbocycles. The molecule has 0 aromatic carbocycles. The zero-order chi connectivity index (χ0) is 9.54. The zero-order valence-corrected chi connectivity index (χ0v) is 7.01. The van der Waals surface area contributed by atoms with Crippen molar-refractivity contribution in [3.8, 4) is 0 Å². The van der Waals surface area contributed by atoms with Gasteiger partial charge in [0.2, 0.25) is 0 Å². The number of nitrogens with zero attached hydrogens (tertiary/aromatic N) is 4. The van der Waals surface area contributed by atoms with Crippen LogP contribution in [0.4, 0.5) is 0 Å². The van der Waals surface area contributed by atoms with Gasteiger partial charge in [-0.3, -0.25) is 9.79 Å². The Hall–Kier alpha value is -2.17. The van der Waals surface area contributed by atoms with Crippen LogP contribution in [-0.2, 0) is 4.79 Å². The molecule has 2 heterocycles. The SMILES string of the molecule is O=C1C=c2nnncc2=C2N=CC=C12. The monoisotopic (exact) mass is 184 g/mol. The summed E-state index contributed by atoms with van der Waals surface area (Å²) in [6, 6.07) is 0. The number of fused-ring (bicyclic) bond motifs is 2. The van der Waals surface area contributed by atoms with Crippen molar-refractivity contribution < 1.29 is 4.79 Å². The van der Waals surface area contributed by atoms with Crippen LogP contribution >= 0.6 is 0 Å². The van der Waals surface area contributed by atoms with E-state index in [2.05, 4.69) is 20.4 Å². The zero-order valence-electron chi connectivity index (χ0n) is 7.01. The van der Waals surface area contributed by atoms with Crippen LogP contribution in [0.25, 0.3) is 11.8 Å². The van der Waals surface area contributed by atoms with Gasteiger partial charge in [-0.15, -0.1) is 10.2 Å². The van der Waals surface area contributed by atoms with Crippen LogP contribution < -0.4 is 10.6 Å². The smallest absolute Gasteiger partial charge is 0.190 e. The lowest BCUT2D eigenvalue weighted by Crippen LogP contribution is -2.36. The summed E-state index contributed by atoms with van der Waals surface area (Å²) in [4.78, 5) is 15.6. The molecule has 0 fully saturated rings. The van der Waals surface area contributed by atoms with Crippen LogP contribution in [0.5, 0.6) is 0 Å². The van der Waals surface area contributed by atoms with Gasteiger partial charge in [0.25, 0.3) is 0 Å². The largest absolute Gasteiger partial charge is 0.289 e. The third-order valence-electron chi connectivity index (χ3n) is 2.16. The summed E-state index contributed by atoms with van der Waals surface area (Å²) >= 11 is 0. The quantitative estimate of drug-likeness (QED) is 0.484. The molecule has 5 nitrogen and oxygen atoms in total. The lowest BCUT2D eigenvalue weighted by molar-refractivity contribution is -0.109. The van der Waals surface area contributed by atoms with E-state index < -0.39 is 0 Å². The van der Waals surface area contributed by atoms with Crippen LogP contribution in [0.1, 0.15) is 0 Å². The van der Waals surface area contributed by atoms with Gasteiger partial charge in [-0.25, -0.2) is 0 Å². The summed E-state index contributed by atoms with van der Waals surface area (Å²) in [5, 5.41) is 12.2. The molecule has 1 aromatic heterocycles. The number of allylic oxidation sites excluding steroid dienone is 1. The number of Topliss-reactive ketones (excluding diaryl/α,β-unsaturated/α-hetero) is 1. The van der Waals surface area contributed by atoms with E-state index >= 15 is 0 Å². The molecule has 14 heavy (non-hydrogen) atoms. The molecule has 0 unspecified atom stereocenters. The molecule has 1 aromatic rings. The molecular weight excluding hydrogens is 180 g/mol. The summed E-state index contributed by atoms with van der Waals surface area (Å²) in [5.74, 6) is -0.0782. The topological polar surface area (TPSA) is 68.1 Å². The molecule has 1 aliphatic heterocycles. The van der Waals surface area contributed by atoms with E-state index in [0.29, 0.717) is 16.6 Å². The maximum absolute atomic E-state index is 11.5. The normalized spacial score (nSPS) is 17.3. The van der Waals surface area contributed by atoms with Crippen LogP contribution in [0, 0.1) is 0 Å². The Morgan fingerprint density at radius 2 is 2.21 bits per heavy atom. The molecule has 5 heteroatoms. The van der Waals surface area contributed by atoms with Gasteiger partial charge in [0, 0.05) is 23.1 Å². The van der Waals surface area contributed by atoms with Crippen LogP contribution in [0.3, 0.4) is 0 Å². The van der Waals surface area contributed by atoms with Gasteiger partial charge in [-0.2, -0.15) is 0 Å². The Bertz CT molecular complexity index is 612. The molecule has 0 bridgehead atoms. The first-order chi connectivity index (χ1) is 6.86. The van der Waals surface area contributed by atoms with Gasteiger partial charge in [0.15, 0.2) is 5.78 Å². The van der Waals surface area contributed by atoms with Crippen molar-refractivity contribution in [3.63, 3.8) is 0 Å². The molecule has 1 aliphatic carbocycles. The van der Waals surface area contributed by atoms with Crippen molar-refractivity contribution in [2.24, 2.45) is 4.99 Å². The molecule has 0 saturated heterocycles.